The number of rotatable bonds is 11. The maximum absolute atomic E-state index is 14.4. The number of methoxy groups -OCH3 is 2. The minimum Gasteiger partial charge on any atom is -0.493 e. The molecule has 0 aliphatic heterocycles. The number of hydrogen-bond acceptors (Lipinski definition) is 5. The fourth-order valence-corrected chi connectivity index (χ4v) is 5.21. The van der Waals surface area contributed by atoms with Crippen LogP contribution in [0.4, 0.5) is 10.1 Å². The Kier molecular flexibility index (Phi) is 8.83. The number of para-hydroxylation sites is 2. The first-order valence-corrected chi connectivity index (χ1v) is 13.9. The topological polar surface area (TPSA) is 83.7 Å². The monoisotopic (exact) mass is 567 g/mol. The largest absolute Gasteiger partial charge is 0.493 e. The summed E-state index contributed by atoms with van der Waals surface area (Å²) in [6.07, 6.45) is 3.02. The third-order valence-corrected chi connectivity index (χ3v) is 7.43. The van der Waals surface area contributed by atoms with Crippen molar-refractivity contribution in [2.45, 2.75) is 25.8 Å². The number of nitrogens with one attached hydrogen (secondary N) is 2. The molecule has 0 spiro atoms. The normalized spacial score (nSPS) is 11.3. The van der Waals surface area contributed by atoms with Gasteiger partial charge in [-0.05, 0) is 92.5 Å². The number of anilines is 1. The SMILES string of the molecule is COc1ccc(CN(C)CCCCc2ccc(NC(=O)c3cccc4c(=O)c5cccc(F)c5[nH]c34)cc2)cc1OC. The molecule has 0 saturated carbocycles. The number of halogens is 1. The van der Waals surface area contributed by atoms with Gasteiger partial charge >= 0.3 is 0 Å². The lowest BCUT2D eigenvalue weighted by Gasteiger charge is -2.18. The summed E-state index contributed by atoms with van der Waals surface area (Å²) in [5, 5.41) is 3.49. The van der Waals surface area contributed by atoms with E-state index in [-0.39, 0.29) is 27.8 Å². The second-order valence-electron chi connectivity index (χ2n) is 10.4. The number of nitrogens with zero attached hydrogens (tertiary/aromatic N) is 1. The molecule has 0 bridgehead atoms. The summed E-state index contributed by atoms with van der Waals surface area (Å²) < 4.78 is 25.1. The van der Waals surface area contributed by atoms with Gasteiger partial charge in [0.1, 0.15) is 5.82 Å². The van der Waals surface area contributed by atoms with E-state index in [2.05, 4.69) is 28.3 Å². The van der Waals surface area contributed by atoms with Gasteiger partial charge < -0.3 is 24.7 Å². The predicted molar refractivity (Wildman–Crippen MR) is 165 cm³/mol. The van der Waals surface area contributed by atoms with Crippen LogP contribution in [-0.2, 0) is 13.0 Å². The number of hydrogen-bond donors (Lipinski definition) is 2. The molecule has 1 amide bonds. The average Bonchev–Trinajstić information content (AvgIpc) is 3.00. The standard InChI is InChI=1S/C34H34FN3O4/c1-38(21-23-15-18-29(41-2)30(20-23)42-3)19-5-4-8-22-13-16-24(17-14-22)36-34(40)27-11-6-9-25-31(27)37-32-26(33(25)39)10-7-12-28(32)35/h6-7,9-18,20H,4-5,8,19,21H2,1-3H3,(H,36,40)(H,37,39). The van der Waals surface area contributed by atoms with Crippen molar-refractivity contribution in [2.75, 3.05) is 33.1 Å². The zero-order valence-corrected chi connectivity index (χ0v) is 24.0. The zero-order valence-electron chi connectivity index (χ0n) is 24.0. The first-order valence-electron chi connectivity index (χ1n) is 13.9. The quantitative estimate of drug-likeness (QED) is 0.140. The van der Waals surface area contributed by atoms with Crippen LogP contribution in [0, 0.1) is 5.82 Å². The van der Waals surface area contributed by atoms with Gasteiger partial charge in [0.2, 0.25) is 0 Å². The number of pyridine rings is 1. The highest BCUT2D eigenvalue weighted by atomic mass is 19.1. The molecule has 216 valence electrons. The van der Waals surface area contributed by atoms with Crippen LogP contribution >= 0.6 is 0 Å². The van der Waals surface area contributed by atoms with Crippen molar-refractivity contribution >= 4 is 33.4 Å². The van der Waals surface area contributed by atoms with Gasteiger partial charge in [0, 0.05) is 23.0 Å². The van der Waals surface area contributed by atoms with E-state index in [0.29, 0.717) is 16.6 Å². The Bertz CT molecular complexity index is 1780. The number of amides is 1. The van der Waals surface area contributed by atoms with Crippen molar-refractivity contribution in [2.24, 2.45) is 0 Å². The smallest absolute Gasteiger partial charge is 0.257 e. The number of H-pyrrole nitrogens is 1. The molecule has 0 radical (unpaired) electrons. The predicted octanol–water partition coefficient (Wildman–Crippen LogP) is 6.54. The summed E-state index contributed by atoms with van der Waals surface area (Å²) in [7, 11) is 5.39. The van der Waals surface area contributed by atoms with E-state index in [1.165, 1.54) is 23.3 Å². The number of benzene rings is 4. The Morgan fingerprint density at radius 1 is 0.857 bits per heavy atom. The molecule has 0 unspecified atom stereocenters. The Morgan fingerprint density at radius 2 is 1.55 bits per heavy atom. The van der Waals surface area contributed by atoms with Crippen LogP contribution < -0.4 is 20.2 Å². The van der Waals surface area contributed by atoms with Crippen LogP contribution in [0.5, 0.6) is 11.5 Å². The highest BCUT2D eigenvalue weighted by molar-refractivity contribution is 6.13. The first kappa shape index (κ1) is 28.8. The third kappa shape index (κ3) is 6.29. The number of ether oxygens (including phenoxy) is 2. The number of fused-ring (bicyclic) bond motifs is 2. The van der Waals surface area contributed by atoms with E-state index < -0.39 is 5.82 Å². The van der Waals surface area contributed by atoms with Gasteiger partial charge in [-0.3, -0.25) is 9.59 Å². The van der Waals surface area contributed by atoms with Crippen molar-refractivity contribution in [3.8, 4) is 11.5 Å². The summed E-state index contributed by atoms with van der Waals surface area (Å²) in [4.78, 5) is 31.4. The zero-order chi connectivity index (χ0) is 29.6. The molecule has 0 atom stereocenters. The van der Waals surface area contributed by atoms with Crippen LogP contribution in [0.25, 0.3) is 21.8 Å². The van der Waals surface area contributed by atoms with Crippen molar-refractivity contribution in [3.05, 3.63) is 112 Å². The van der Waals surface area contributed by atoms with Gasteiger partial charge in [-0.2, -0.15) is 0 Å². The van der Waals surface area contributed by atoms with Crippen molar-refractivity contribution in [1.82, 2.24) is 9.88 Å². The van der Waals surface area contributed by atoms with Gasteiger partial charge in [-0.15, -0.1) is 0 Å². The number of carbonyl (C=O) groups is 1. The van der Waals surface area contributed by atoms with Crippen molar-refractivity contribution in [1.29, 1.82) is 0 Å². The van der Waals surface area contributed by atoms with Crippen LogP contribution in [-0.4, -0.2) is 43.6 Å². The number of aromatic nitrogens is 1. The number of aryl methyl sites for hydroxylation is 1. The van der Waals surface area contributed by atoms with E-state index >= 15 is 0 Å². The second-order valence-corrected chi connectivity index (χ2v) is 10.4. The molecule has 8 heteroatoms. The second kappa shape index (κ2) is 12.9. The highest BCUT2D eigenvalue weighted by Crippen LogP contribution is 2.28. The van der Waals surface area contributed by atoms with Gasteiger partial charge in [-0.25, -0.2) is 4.39 Å². The molecule has 7 nitrogen and oxygen atoms in total. The van der Waals surface area contributed by atoms with Crippen LogP contribution in [0.2, 0.25) is 0 Å². The van der Waals surface area contributed by atoms with E-state index in [0.717, 1.165) is 43.9 Å². The molecular formula is C34H34FN3O4. The van der Waals surface area contributed by atoms with Crippen LogP contribution in [0.1, 0.15) is 34.3 Å². The number of aromatic amines is 1. The maximum atomic E-state index is 14.4. The molecule has 5 aromatic rings. The first-order chi connectivity index (χ1) is 20.4. The molecule has 42 heavy (non-hydrogen) atoms. The minimum absolute atomic E-state index is 0.0896. The molecular weight excluding hydrogens is 533 g/mol. The molecule has 1 aromatic heterocycles. The summed E-state index contributed by atoms with van der Waals surface area (Å²) in [6, 6.07) is 23.0. The molecule has 5 rings (SSSR count). The Morgan fingerprint density at radius 3 is 2.29 bits per heavy atom. The molecule has 1 heterocycles. The summed E-state index contributed by atoms with van der Waals surface area (Å²) in [5.41, 5.74) is 3.36. The minimum atomic E-state index is -0.540. The lowest BCUT2D eigenvalue weighted by molar-refractivity contribution is 0.102. The molecule has 2 N–H and O–H groups in total. The number of carbonyl (C=O) groups excluding carboxylic acids is 1. The van der Waals surface area contributed by atoms with E-state index in [1.54, 1.807) is 38.5 Å². The lowest BCUT2D eigenvalue weighted by atomic mass is 10.0. The fourth-order valence-electron chi connectivity index (χ4n) is 5.21. The Balaban J connectivity index is 1.16. The lowest BCUT2D eigenvalue weighted by Crippen LogP contribution is -2.19. The van der Waals surface area contributed by atoms with Crippen LogP contribution in [0.15, 0.2) is 83.7 Å². The van der Waals surface area contributed by atoms with Gasteiger partial charge in [0.15, 0.2) is 16.9 Å². The van der Waals surface area contributed by atoms with Crippen molar-refractivity contribution in [3.63, 3.8) is 0 Å². The summed E-state index contributed by atoms with van der Waals surface area (Å²) in [6.45, 7) is 1.79. The van der Waals surface area contributed by atoms with Gasteiger partial charge in [0.05, 0.1) is 30.8 Å². The molecule has 0 aliphatic rings. The Labute approximate surface area is 243 Å². The highest BCUT2D eigenvalue weighted by Gasteiger charge is 2.16. The van der Waals surface area contributed by atoms with Gasteiger partial charge in [-0.1, -0.05) is 30.3 Å². The maximum Gasteiger partial charge on any atom is 0.257 e. The van der Waals surface area contributed by atoms with E-state index in [9.17, 15) is 14.0 Å². The summed E-state index contributed by atoms with van der Waals surface area (Å²) >= 11 is 0. The van der Waals surface area contributed by atoms with E-state index in [4.69, 9.17) is 9.47 Å². The Hall–Kier alpha value is -4.69. The molecule has 4 aromatic carbocycles. The van der Waals surface area contributed by atoms with Gasteiger partial charge in [0.25, 0.3) is 5.91 Å². The van der Waals surface area contributed by atoms with E-state index in [1.807, 2.05) is 36.4 Å². The molecule has 0 fully saturated rings. The van der Waals surface area contributed by atoms with Crippen LogP contribution in [0.3, 0.4) is 0 Å². The fraction of sp³-hybridized carbons (Fsp3) is 0.235. The number of unbranched alkanes of at least 4 members (excludes halogenated alkanes) is 1. The van der Waals surface area contributed by atoms with Crippen molar-refractivity contribution < 1.29 is 18.7 Å². The average molecular weight is 568 g/mol. The summed E-state index contributed by atoms with van der Waals surface area (Å²) in [5.74, 6) is 0.544. The molecule has 0 saturated heterocycles. The molecule has 0 aliphatic carbocycles. The third-order valence-electron chi connectivity index (χ3n) is 7.43.